The number of hydrogen-bond donors (Lipinski definition) is 2. The maximum absolute atomic E-state index is 5.80. The Morgan fingerprint density at radius 1 is 1.44 bits per heavy atom. The minimum Gasteiger partial charge on any atom is -0.478 e. The summed E-state index contributed by atoms with van der Waals surface area (Å²) in [7, 11) is 1.55. The molecule has 0 amide bonds. The Bertz CT molecular complexity index is 350. The van der Waals surface area contributed by atoms with Crippen molar-refractivity contribution in [2.24, 2.45) is 5.92 Å². The first-order valence-electron chi connectivity index (χ1n) is 5.66. The average Bonchev–Trinajstić information content (AvgIpc) is 2.31. The molecule has 1 fully saturated rings. The number of rotatable bonds is 3. The summed E-state index contributed by atoms with van der Waals surface area (Å²) in [6.07, 6.45) is 3.37. The van der Waals surface area contributed by atoms with Gasteiger partial charge in [-0.2, -0.15) is 5.10 Å². The van der Waals surface area contributed by atoms with E-state index in [2.05, 4.69) is 15.5 Å². The number of ether oxygens (including phenoxy) is 1. The first-order valence-corrected chi connectivity index (χ1v) is 5.66. The summed E-state index contributed by atoms with van der Waals surface area (Å²) in [5, 5.41) is 11.4. The van der Waals surface area contributed by atoms with E-state index in [1.165, 1.54) is 12.8 Å². The van der Waals surface area contributed by atoms with E-state index in [0.29, 0.717) is 17.5 Å². The van der Waals surface area contributed by atoms with E-state index in [9.17, 15) is 0 Å². The highest BCUT2D eigenvalue weighted by molar-refractivity contribution is 5.47. The summed E-state index contributed by atoms with van der Waals surface area (Å²) in [6.45, 7) is 2.20. The van der Waals surface area contributed by atoms with Crippen LogP contribution in [0.2, 0.25) is 0 Å². The molecule has 0 aliphatic carbocycles. The molecular formula is C11H18N4O. The maximum atomic E-state index is 5.80. The van der Waals surface area contributed by atoms with Crippen LogP contribution >= 0.6 is 0 Å². The van der Waals surface area contributed by atoms with Gasteiger partial charge in [0.15, 0.2) is 0 Å². The van der Waals surface area contributed by atoms with Gasteiger partial charge in [0.1, 0.15) is 0 Å². The molecule has 3 N–H and O–H groups in total. The van der Waals surface area contributed by atoms with Crippen LogP contribution in [-0.4, -0.2) is 30.4 Å². The Labute approximate surface area is 95.4 Å². The fourth-order valence-corrected chi connectivity index (χ4v) is 2.08. The van der Waals surface area contributed by atoms with Crippen molar-refractivity contribution in [1.82, 2.24) is 15.5 Å². The van der Waals surface area contributed by atoms with Crippen molar-refractivity contribution < 1.29 is 4.74 Å². The number of piperidine rings is 1. The molecule has 16 heavy (non-hydrogen) atoms. The molecule has 1 saturated heterocycles. The SMILES string of the molecule is COc1nnc(CC2CCNCC2)cc1N. The van der Waals surface area contributed by atoms with Crippen molar-refractivity contribution in [3.63, 3.8) is 0 Å². The fraction of sp³-hybridized carbons (Fsp3) is 0.636. The van der Waals surface area contributed by atoms with E-state index >= 15 is 0 Å². The maximum Gasteiger partial charge on any atom is 0.256 e. The molecule has 2 rings (SSSR count). The number of aromatic nitrogens is 2. The van der Waals surface area contributed by atoms with Gasteiger partial charge < -0.3 is 15.8 Å². The largest absolute Gasteiger partial charge is 0.478 e. The highest BCUT2D eigenvalue weighted by Gasteiger charge is 2.15. The third-order valence-electron chi connectivity index (χ3n) is 2.99. The Kier molecular flexibility index (Phi) is 3.56. The Morgan fingerprint density at radius 2 is 2.19 bits per heavy atom. The molecule has 2 heterocycles. The van der Waals surface area contributed by atoms with E-state index in [1.807, 2.05) is 6.07 Å². The molecule has 1 aliphatic heterocycles. The van der Waals surface area contributed by atoms with Gasteiger partial charge >= 0.3 is 0 Å². The fourth-order valence-electron chi connectivity index (χ4n) is 2.08. The predicted octanol–water partition coefficient (Wildman–Crippen LogP) is 0.609. The Morgan fingerprint density at radius 3 is 2.81 bits per heavy atom. The van der Waals surface area contributed by atoms with Gasteiger partial charge in [-0.05, 0) is 44.3 Å². The van der Waals surface area contributed by atoms with Gasteiger partial charge in [-0.25, -0.2) is 0 Å². The van der Waals surface area contributed by atoms with Crippen LogP contribution in [-0.2, 0) is 6.42 Å². The molecule has 88 valence electrons. The van der Waals surface area contributed by atoms with Crippen molar-refractivity contribution in [2.75, 3.05) is 25.9 Å². The molecule has 1 aliphatic rings. The molecule has 0 unspecified atom stereocenters. The lowest BCUT2D eigenvalue weighted by Crippen LogP contribution is -2.28. The second-order valence-corrected chi connectivity index (χ2v) is 4.20. The lowest BCUT2D eigenvalue weighted by atomic mass is 9.93. The highest BCUT2D eigenvalue weighted by atomic mass is 16.5. The van der Waals surface area contributed by atoms with Crippen molar-refractivity contribution in [3.05, 3.63) is 11.8 Å². The van der Waals surface area contributed by atoms with Gasteiger partial charge in [0, 0.05) is 0 Å². The number of nitrogens with two attached hydrogens (primary N) is 1. The van der Waals surface area contributed by atoms with Crippen LogP contribution in [0.5, 0.6) is 5.88 Å². The smallest absolute Gasteiger partial charge is 0.256 e. The average molecular weight is 222 g/mol. The zero-order valence-electron chi connectivity index (χ0n) is 9.57. The summed E-state index contributed by atoms with van der Waals surface area (Å²) in [5.74, 6) is 1.11. The summed E-state index contributed by atoms with van der Waals surface area (Å²) in [6, 6.07) is 1.87. The van der Waals surface area contributed by atoms with Crippen LogP contribution in [0.4, 0.5) is 5.69 Å². The van der Waals surface area contributed by atoms with Crippen molar-refractivity contribution in [3.8, 4) is 5.88 Å². The summed E-state index contributed by atoms with van der Waals surface area (Å²) >= 11 is 0. The van der Waals surface area contributed by atoms with E-state index in [4.69, 9.17) is 10.5 Å². The van der Waals surface area contributed by atoms with Crippen LogP contribution < -0.4 is 15.8 Å². The van der Waals surface area contributed by atoms with E-state index < -0.39 is 0 Å². The molecule has 0 radical (unpaired) electrons. The number of nitrogen functional groups attached to an aromatic ring is 1. The van der Waals surface area contributed by atoms with Gasteiger partial charge in [0.2, 0.25) is 0 Å². The third kappa shape index (κ3) is 2.61. The molecule has 1 aromatic rings. The van der Waals surface area contributed by atoms with Crippen LogP contribution in [0, 0.1) is 5.92 Å². The van der Waals surface area contributed by atoms with Crippen molar-refractivity contribution in [1.29, 1.82) is 0 Å². The minimum atomic E-state index is 0.411. The topological polar surface area (TPSA) is 73.1 Å². The van der Waals surface area contributed by atoms with Crippen LogP contribution in [0.3, 0.4) is 0 Å². The molecule has 0 saturated carbocycles. The first kappa shape index (κ1) is 11.1. The lowest BCUT2D eigenvalue weighted by Gasteiger charge is -2.22. The number of anilines is 1. The Hall–Kier alpha value is -1.36. The predicted molar refractivity (Wildman–Crippen MR) is 62.3 cm³/mol. The molecule has 0 aromatic carbocycles. The molecular weight excluding hydrogens is 204 g/mol. The van der Waals surface area contributed by atoms with Crippen LogP contribution in [0.15, 0.2) is 6.07 Å². The van der Waals surface area contributed by atoms with E-state index in [1.54, 1.807) is 7.11 Å². The molecule has 0 bridgehead atoms. The highest BCUT2D eigenvalue weighted by Crippen LogP contribution is 2.21. The molecule has 5 heteroatoms. The lowest BCUT2D eigenvalue weighted by molar-refractivity contribution is 0.366. The van der Waals surface area contributed by atoms with Crippen LogP contribution in [0.1, 0.15) is 18.5 Å². The summed E-state index contributed by atoms with van der Waals surface area (Å²) < 4.78 is 4.98. The zero-order chi connectivity index (χ0) is 11.4. The molecule has 0 atom stereocenters. The quantitative estimate of drug-likeness (QED) is 0.784. The molecule has 0 spiro atoms. The van der Waals surface area contributed by atoms with Crippen LogP contribution in [0.25, 0.3) is 0 Å². The van der Waals surface area contributed by atoms with Gasteiger partial charge in [-0.15, -0.1) is 5.10 Å². The number of methoxy groups -OCH3 is 1. The van der Waals surface area contributed by atoms with Gasteiger partial charge in [0.25, 0.3) is 5.88 Å². The van der Waals surface area contributed by atoms with Crippen molar-refractivity contribution in [2.45, 2.75) is 19.3 Å². The first-order chi connectivity index (χ1) is 7.79. The second-order valence-electron chi connectivity index (χ2n) is 4.20. The Balaban J connectivity index is 2.01. The number of nitrogens with one attached hydrogen (secondary N) is 1. The normalized spacial score (nSPS) is 17.3. The van der Waals surface area contributed by atoms with Gasteiger partial charge in [-0.1, -0.05) is 0 Å². The van der Waals surface area contributed by atoms with E-state index in [-0.39, 0.29) is 0 Å². The van der Waals surface area contributed by atoms with E-state index in [0.717, 1.165) is 25.2 Å². The van der Waals surface area contributed by atoms with Gasteiger partial charge in [0.05, 0.1) is 18.5 Å². The standard InChI is InChI=1S/C11H18N4O/c1-16-11-10(12)7-9(14-15-11)6-8-2-4-13-5-3-8/h7-8,13H,2-6H2,1H3,(H2,12,14). The monoisotopic (exact) mass is 222 g/mol. The molecule has 5 nitrogen and oxygen atoms in total. The van der Waals surface area contributed by atoms with Gasteiger partial charge in [-0.3, -0.25) is 0 Å². The van der Waals surface area contributed by atoms with Crippen molar-refractivity contribution >= 4 is 5.69 Å². The zero-order valence-corrected chi connectivity index (χ0v) is 9.57. The third-order valence-corrected chi connectivity index (χ3v) is 2.99. The minimum absolute atomic E-state index is 0.411. The number of hydrogen-bond acceptors (Lipinski definition) is 5. The second kappa shape index (κ2) is 5.12. The summed E-state index contributed by atoms with van der Waals surface area (Å²) in [5.41, 5.74) is 7.33. The summed E-state index contributed by atoms with van der Waals surface area (Å²) in [4.78, 5) is 0. The number of nitrogens with zero attached hydrogens (tertiary/aromatic N) is 2. The molecule has 1 aromatic heterocycles.